The van der Waals surface area contributed by atoms with Crippen LogP contribution in [0.25, 0.3) is 0 Å². The highest BCUT2D eigenvalue weighted by Crippen LogP contribution is 2.38. The van der Waals surface area contributed by atoms with Crippen molar-refractivity contribution < 1.29 is 31.2 Å². The van der Waals surface area contributed by atoms with E-state index in [1.807, 2.05) is 0 Å². The van der Waals surface area contributed by atoms with Crippen molar-refractivity contribution in [1.29, 1.82) is 0 Å². The molecule has 0 saturated heterocycles. The zero-order valence-corrected chi connectivity index (χ0v) is 22.9. The molecule has 0 bridgehead atoms. The Morgan fingerprint density at radius 1 is 1.10 bits per heavy atom. The Morgan fingerprint density at radius 3 is 2.37 bits per heavy atom. The smallest absolute Gasteiger partial charge is 0.326 e. The van der Waals surface area contributed by atoms with Crippen LogP contribution in [0.3, 0.4) is 0 Å². The maximum absolute atomic E-state index is 13.3. The van der Waals surface area contributed by atoms with Crippen molar-refractivity contribution in [3.05, 3.63) is 55.7 Å². The molecule has 0 spiro atoms. The van der Waals surface area contributed by atoms with Crippen LogP contribution < -0.4 is 16.6 Å². The normalized spacial score (nSPS) is 18.3. The molecule has 10 nitrogen and oxygen atoms in total. The van der Waals surface area contributed by atoms with E-state index in [0.29, 0.717) is 21.4 Å². The van der Waals surface area contributed by atoms with Crippen molar-refractivity contribution in [2.45, 2.75) is 57.0 Å². The number of hydrogen-bond donors (Lipinski definition) is 1. The minimum atomic E-state index is -5.86. The second kappa shape index (κ2) is 10.1. The van der Waals surface area contributed by atoms with Crippen molar-refractivity contribution in [2.24, 2.45) is 23.9 Å². The molecule has 5 rings (SSSR count). The molecule has 1 aromatic carbocycles. The first-order chi connectivity index (χ1) is 19.2. The third-order valence-electron chi connectivity index (χ3n) is 7.24. The van der Waals surface area contributed by atoms with Crippen LogP contribution in [0.1, 0.15) is 55.2 Å². The molecule has 3 aliphatic rings. The van der Waals surface area contributed by atoms with Crippen LogP contribution in [0.2, 0.25) is 0 Å². The Morgan fingerprint density at radius 2 is 1.76 bits per heavy atom. The number of nitrogens with one attached hydrogen (secondary N) is 1. The largest absolute Gasteiger partial charge is 0.503 e. The first-order valence-corrected chi connectivity index (χ1v) is 14.4. The van der Waals surface area contributed by atoms with Gasteiger partial charge in [-0.3, -0.25) is 23.5 Å². The Balaban J connectivity index is 1.50. The molecule has 41 heavy (non-hydrogen) atoms. The quantitative estimate of drug-likeness (QED) is 0.514. The van der Waals surface area contributed by atoms with Gasteiger partial charge < -0.3 is 5.32 Å². The summed E-state index contributed by atoms with van der Waals surface area (Å²) < 4.78 is 65.5. The number of ketones is 1. The third-order valence-corrected chi connectivity index (χ3v) is 8.84. The molecule has 1 atom stereocenters. The minimum Gasteiger partial charge on any atom is -0.326 e. The van der Waals surface area contributed by atoms with E-state index in [2.05, 4.69) is 22.2 Å². The summed E-state index contributed by atoms with van der Waals surface area (Å²) in [6, 6.07) is 4.97. The molecule has 216 valence electrons. The lowest BCUT2D eigenvalue weighted by atomic mass is 10.0. The van der Waals surface area contributed by atoms with Crippen LogP contribution >= 0.6 is 0 Å². The first kappa shape index (κ1) is 28.5. The number of aromatic nitrogens is 2. The molecule has 1 N–H and O–H groups in total. The molecule has 2 fully saturated rings. The van der Waals surface area contributed by atoms with Gasteiger partial charge in [0.25, 0.3) is 15.4 Å². The molecule has 2 aliphatic carbocycles. The van der Waals surface area contributed by atoms with E-state index >= 15 is 0 Å². The fourth-order valence-electron chi connectivity index (χ4n) is 4.66. The molecule has 1 amide bonds. The summed E-state index contributed by atoms with van der Waals surface area (Å²) in [4.78, 5) is 53.9. The van der Waals surface area contributed by atoms with Gasteiger partial charge in [-0.2, -0.15) is 13.2 Å². The number of alkyl halides is 3. The predicted molar refractivity (Wildman–Crippen MR) is 143 cm³/mol. The summed E-state index contributed by atoms with van der Waals surface area (Å²) in [7, 11) is -4.74. The molecule has 2 aromatic rings. The Labute approximate surface area is 232 Å². The zero-order valence-electron chi connectivity index (χ0n) is 22.0. The number of sulfone groups is 1. The molecule has 2 saturated carbocycles. The molecule has 1 unspecified atom stereocenters. The predicted octanol–water partition coefficient (Wildman–Crippen LogP) is 2.55. The molecule has 14 heteroatoms. The van der Waals surface area contributed by atoms with Crippen LogP contribution in [-0.4, -0.2) is 39.8 Å². The monoisotopic (exact) mass is 590 g/mol. The van der Waals surface area contributed by atoms with Gasteiger partial charge in [0.2, 0.25) is 5.91 Å². The van der Waals surface area contributed by atoms with Crippen LogP contribution in [0.4, 0.5) is 24.7 Å². The maximum atomic E-state index is 13.3. The van der Waals surface area contributed by atoms with Gasteiger partial charge in [0, 0.05) is 42.5 Å². The lowest BCUT2D eigenvalue weighted by Crippen LogP contribution is -2.40. The average Bonchev–Trinajstić information content (AvgIpc) is 3.80. The van der Waals surface area contributed by atoms with Gasteiger partial charge in [-0.25, -0.2) is 18.2 Å². The fourth-order valence-corrected chi connectivity index (χ4v) is 5.69. The summed E-state index contributed by atoms with van der Waals surface area (Å²) in [5.41, 5.74) is -6.40. The Hall–Kier alpha value is -3.99. The highest BCUT2D eigenvalue weighted by atomic mass is 32.2. The number of hydrogen-bond acceptors (Lipinski definition) is 7. The number of fused-ring (bicyclic) bond motifs is 1. The van der Waals surface area contributed by atoms with Crippen molar-refractivity contribution in [3.8, 4) is 11.8 Å². The van der Waals surface area contributed by atoms with Crippen molar-refractivity contribution in [2.75, 3.05) is 5.32 Å². The SMILES string of the molecule is CC1C(S(=O)(=O)C(F)(F)F)=Nc2c1c(=O)n(C)c(=O)n2CC#Cc1cc(CC(=O)C2CC2)cc(NC(=O)C2CC2)c1. The zero-order chi connectivity index (χ0) is 29.9. The van der Waals surface area contributed by atoms with Crippen LogP contribution in [-0.2, 0) is 39.4 Å². The summed E-state index contributed by atoms with van der Waals surface area (Å²) in [6.07, 6.45) is 3.43. The number of rotatable bonds is 6. The lowest BCUT2D eigenvalue weighted by Gasteiger charge is -2.12. The molecular formula is C27H25F3N4O6S. The standard InChI is InChI=1S/C27H25F3N4O6S/c1-14-21-22(32-24(14)41(39,40)27(28,29)30)34(26(38)33(2)25(21)37)9-3-4-15-10-16(13-20(35)17-5-6-17)12-19(11-15)31-23(36)18-7-8-18/h10-12,14,17-18H,5-9,13H2,1-2H3,(H,31,36). The van der Waals surface area contributed by atoms with Gasteiger partial charge in [0.05, 0.1) is 12.1 Å². The summed E-state index contributed by atoms with van der Waals surface area (Å²) in [5.74, 6) is 3.44. The van der Waals surface area contributed by atoms with Gasteiger partial charge >= 0.3 is 11.2 Å². The molecular weight excluding hydrogens is 565 g/mol. The van der Waals surface area contributed by atoms with E-state index in [0.717, 1.165) is 44.2 Å². The molecule has 1 aromatic heterocycles. The van der Waals surface area contributed by atoms with Gasteiger partial charge in [0.15, 0.2) is 5.04 Å². The number of aliphatic imine (C=N–C) groups is 1. The number of Topliss-reactive ketones (excluding diaryl/α,β-unsaturated/α-hetero) is 1. The van der Waals surface area contributed by atoms with Crippen LogP contribution in [0.15, 0.2) is 32.8 Å². The molecule has 2 heterocycles. The van der Waals surface area contributed by atoms with Crippen molar-refractivity contribution in [3.63, 3.8) is 0 Å². The maximum Gasteiger partial charge on any atom is 0.503 e. The minimum absolute atomic E-state index is 0.0296. The second-order valence-corrected chi connectivity index (χ2v) is 12.4. The van der Waals surface area contributed by atoms with Crippen molar-refractivity contribution >= 4 is 38.1 Å². The third kappa shape index (κ3) is 5.50. The van der Waals surface area contributed by atoms with Crippen LogP contribution in [0.5, 0.6) is 0 Å². The lowest BCUT2D eigenvalue weighted by molar-refractivity contribution is -0.119. The summed E-state index contributed by atoms with van der Waals surface area (Å²) in [6.45, 7) is 0.668. The Kier molecular flexibility index (Phi) is 7.05. The van der Waals surface area contributed by atoms with E-state index in [1.165, 1.54) is 0 Å². The van der Waals surface area contributed by atoms with E-state index in [9.17, 15) is 40.8 Å². The number of anilines is 1. The average molecular weight is 591 g/mol. The number of nitrogens with zero attached hydrogens (tertiary/aromatic N) is 3. The van der Waals surface area contributed by atoms with E-state index < -0.39 is 49.9 Å². The highest BCUT2D eigenvalue weighted by molar-refractivity contribution is 8.07. The fraction of sp³-hybridized carbons (Fsp3) is 0.444. The van der Waals surface area contributed by atoms with Crippen molar-refractivity contribution in [1.82, 2.24) is 9.13 Å². The summed E-state index contributed by atoms with van der Waals surface area (Å²) in [5, 5.41) is 1.56. The van der Waals surface area contributed by atoms with Gasteiger partial charge in [-0.15, -0.1) is 0 Å². The first-order valence-electron chi connectivity index (χ1n) is 12.9. The number of benzene rings is 1. The van der Waals surface area contributed by atoms with Gasteiger partial charge in [-0.05, 0) is 49.4 Å². The number of amides is 1. The van der Waals surface area contributed by atoms with E-state index in [4.69, 9.17) is 0 Å². The highest BCUT2D eigenvalue weighted by Gasteiger charge is 2.53. The number of halogens is 3. The topological polar surface area (TPSA) is 137 Å². The van der Waals surface area contributed by atoms with Crippen LogP contribution in [0, 0.1) is 23.7 Å². The van der Waals surface area contributed by atoms with E-state index in [-0.39, 0.29) is 35.5 Å². The molecule has 0 radical (unpaired) electrons. The summed E-state index contributed by atoms with van der Waals surface area (Å²) >= 11 is 0. The van der Waals surface area contributed by atoms with Gasteiger partial charge in [-0.1, -0.05) is 18.8 Å². The number of carbonyl (C=O) groups is 2. The Bertz CT molecular complexity index is 1760. The van der Waals surface area contributed by atoms with E-state index in [1.54, 1.807) is 18.2 Å². The number of carbonyl (C=O) groups excluding carboxylic acids is 2. The second-order valence-electron chi connectivity index (χ2n) is 10.5. The van der Waals surface area contributed by atoms with Gasteiger partial charge in [0.1, 0.15) is 11.6 Å². The molecule has 1 aliphatic heterocycles.